The summed E-state index contributed by atoms with van der Waals surface area (Å²) in [4.78, 5) is 3.66. The first-order valence-corrected chi connectivity index (χ1v) is 8.43. The Balaban J connectivity index is 0.00000163. The topological polar surface area (TPSA) is 40.6 Å². The lowest BCUT2D eigenvalue weighted by Crippen LogP contribution is -2.45. The van der Waals surface area contributed by atoms with E-state index in [0.717, 1.165) is 19.9 Å². The quantitative estimate of drug-likeness (QED) is 0.581. The second-order valence-corrected chi connectivity index (χ2v) is 7.25. The highest BCUT2D eigenvalue weighted by molar-refractivity contribution is 6.62. The summed E-state index contributed by atoms with van der Waals surface area (Å²) in [6.07, 6.45) is -3.47. The number of nitrogens with zero attached hydrogens (tertiary/aromatic N) is 1. The van der Waals surface area contributed by atoms with Crippen LogP contribution >= 0.6 is 0 Å². The fourth-order valence-corrected chi connectivity index (χ4v) is 1.92. The molecule has 1 aliphatic rings. The zero-order valence-electron chi connectivity index (χ0n) is 16.4. The first-order chi connectivity index (χ1) is 11.7. The molecule has 0 radical (unpaired) electrons. The summed E-state index contributed by atoms with van der Waals surface area (Å²) >= 11 is 0. The van der Waals surface area contributed by atoms with Gasteiger partial charge in [0.2, 0.25) is 0 Å². The first-order valence-electron chi connectivity index (χ1n) is 8.43. The van der Waals surface area contributed by atoms with E-state index in [9.17, 15) is 17.6 Å². The van der Waals surface area contributed by atoms with Crippen molar-refractivity contribution in [2.75, 3.05) is 0 Å². The van der Waals surface area contributed by atoms with Crippen LogP contribution in [0.1, 0.15) is 55.4 Å². The summed E-state index contributed by atoms with van der Waals surface area (Å²) in [6.45, 7) is 12.9. The van der Waals surface area contributed by atoms with Crippen LogP contribution in [0.5, 0.6) is 5.88 Å². The average Bonchev–Trinajstić information content (AvgIpc) is 2.70. The van der Waals surface area contributed by atoms with Crippen LogP contribution in [0.15, 0.2) is 12.3 Å². The van der Waals surface area contributed by atoms with Gasteiger partial charge in [0.05, 0.1) is 11.2 Å². The molecule has 0 saturated carbocycles. The van der Waals surface area contributed by atoms with E-state index in [1.165, 1.54) is 6.20 Å². The smallest absolute Gasteiger partial charge is 0.460 e. The van der Waals surface area contributed by atoms with Gasteiger partial charge in [0.15, 0.2) is 11.4 Å². The molecule has 0 spiro atoms. The van der Waals surface area contributed by atoms with Gasteiger partial charge in [-0.3, -0.25) is 0 Å². The Bertz CT molecular complexity index is 617. The van der Waals surface area contributed by atoms with E-state index in [4.69, 9.17) is 14.0 Å². The minimum absolute atomic E-state index is 0.267. The second kappa shape index (κ2) is 7.35. The van der Waals surface area contributed by atoms with Gasteiger partial charge in [-0.15, -0.1) is 0 Å². The van der Waals surface area contributed by atoms with Crippen molar-refractivity contribution in [2.45, 2.75) is 78.4 Å². The van der Waals surface area contributed by atoms with E-state index < -0.39 is 41.8 Å². The molecule has 4 nitrogen and oxygen atoms in total. The molecule has 1 saturated heterocycles. The van der Waals surface area contributed by atoms with Crippen molar-refractivity contribution in [1.29, 1.82) is 0 Å². The Labute approximate surface area is 152 Å². The minimum Gasteiger partial charge on any atom is -0.460 e. The van der Waals surface area contributed by atoms with Gasteiger partial charge in [-0.2, -0.15) is 13.2 Å². The highest BCUT2D eigenvalue weighted by Crippen LogP contribution is 2.37. The van der Waals surface area contributed by atoms with E-state index in [1.54, 1.807) is 0 Å². The van der Waals surface area contributed by atoms with Crippen LogP contribution in [-0.2, 0) is 9.31 Å². The number of rotatable bonds is 3. The van der Waals surface area contributed by atoms with Gasteiger partial charge >= 0.3 is 13.3 Å². The van der Waals surface area contributed by atoms with E-state index in [1.807, 2.05) is 41.5 Å². The maximum atomic E-state index is 14.1. The molecule has 9 heteroatoms. The number of halogens is 4. The number of hydrogen-bond acceptors (Lipinski definition) is 4. The SMILES string of the molecule is CC.CC(C)(Oc1ncc(B2OC(C)(C)C(C)(C)O2)cc1F)C(F)(F)F. The van der Waals surface area contributed by atoms with Crippen molar-refractivity contribution in [3.8, 4) is 5.88 Å². The Kier molecular flexibility index (Phi) is 6.41. The maximum absolute atomic E-state index is 14.1. The highest BCUT2D eigenvalue weighted by Gasteiger charge is 2.52. The summed E-state index contributed by atoms with van der Waals surface area (Å²) in [5, 5.41) is 0. The van der Waals surface area contributed by atoms with Crippen molar-refractivity contribution in [3.63, 3.8) is 0 Å². The molecular weight excluding hydrogens is 353 g/mol. The van der Waals surface area contributed by atoms with Crippen LogP contribution in [0.4, 0.5) is 17.6 Å². The third-order valence-electron chi connectivity index (χ3n) is 4.39. The number of pyridine rings is 1. The minimum atomic E-state index is -4.66. The van der Waals surface area contributed by atoms with Crippen molar-refractivity contribution >= 4 is 12.6 Å². The van der Waals surface area contributed by atoms with Gasteiger partial charge in [0, 0.05) is 11.7 Å². The third-order valence-corrected chi connectivity index (χ3v) is 4.39. The Morgan fingerprint density at radius 1 is 1.04 bits per heavy atom. The molecule has 2 rings (SSSR count). The van der Waals surface area contributed by atoms with Crippen LogP contribution in [-0.4, -0.2) is 35.1 Å². The van der Waals surface area contributed by atoms with Gasteiger partial charge in [-0.05, 0) is 47.6 Å². The van der Waals surface area contributed by atoms with Crippen LogP contribution < -0.4 is 10.2 Å². The lowest BCUT2D eigenvalue weighted by Gasteiger charge is -2.32. The zero-order chi connectivity index (χ0) is 20.6. The standard InChI is InChI=1S/C15H20BF4NO3.C2H6/c1-12(2)13(3,4)24-16(23-12)9-7-10(17)11(21-8-9)22-14(5,6)15(18,19)20;1-2/h7-8H,1-6H3;1-2H3. The van der Waals surface area contributed by atoms with E-state index in [-0.39, 0.29) is 5.46 Å². The maximum Gasteiger partial charge on any atom is 0.496 e. The molecule has 1 aromatic heterocycles. The molecule has 2 heterocycles. The predicted octanol–water partition coefficient (Wildman–Crippen LogP) is 4.27. The Hall–Kier alpha value is -1.35. The second-order valence-electron chi connectivity index (χ2n) is 7.25. The number of ether oxygens (including phenoxy) is 1. The monoisotopic (exact) mass is 379 g/mol. The summed E-state index contributed by atoms with van der Waals surface area (Å²) in [7, 11) is -0.860. The Morgan fingerprint density at radius 3 is 1.88 bits per heavy atom. The molecule has 0 aromatic carbocycles. The van der Waals surface area contributed by atoms with Crippen LogP contribution in [0, 0.1) is 5.82 Å². The number of alkyl halides is 3. The molecule has 0 atom stereocenters. The molecule has 0 amide bonds. The van der Waals surface area contributed by atoms with Crippen molar-refractivity contribution < 1.29 is 31.6 Å². The summed E-state index contributed by atoms with van der Waals surface area (Å²) in [5.41, 5.74) is -3.54. The molecule has 0 N–H and O–H groups in total. The number of hydrogen-bond donors (Lipinski definition) is 0. The molecule has 0 bridgehead atoms. The van der Waals surface area contributed by atoms with Gasteiger partial charge < -0.3 is 14.0 Å². The predicted molar refractivity (Wildman–Crippen MR) is 92.0 cm³/mol. The molecule has 1 aromatic rings. The van der Waals surface area contributed by atoms with Crippen molar-refractivity contribution in [3.05, 3.63) is 18.1 Å². The van der Waals surface area contributed by atoms with Crippen molar-refractivity contribution in [1.82, 2.24) is 4.98 Å². The lowest BCUT2D eigenvalue weighted by atomic mass is 9.80. The van der Waals surface area contributed by atoms with Gasteiger partial charge in [0.25, 0.3) is 5.88 Å². The largest absolute Gasteiger partial charge is 0.496 e. The lowest BCUT2D eigenvalue weighted by molar-refractivity contribution is -0.235. The zero-order valence-corrected chi connectivity index (χ0v) is 16.4. The highest BCUT2D eigenvalue weighted by atomic mass is 19.4. The van der Waals surface area contributed by atoms with Gasteiger partial charge in [0.1, 0.15) is 0 Å². The fraction of sp³-hybridized carbons (Fsp3) is 0.706. The summed E-state index contributed by atoms with van der Waals surface area (Å²) < 4.78 is 68.8. The van der Waals surface area contributed by atoms with E-state index in [2.05, 4.69) is 4.98 Å². The fourth-order valence-electron chi connectivity index (χ4n) is 1.92. The number of aromatic nitrogens is 1. The third kappa shape index (κ3) is 4.49. The van der Waals surface area contributed by atoms with Crippen LogP contribution in [0.3, 0.4) is 0 Å². The van der Waals surface area contributed by atoms with Crippen LogP contribution in [0.2, 0.25) is 0 Å². The normalized spacial score (nSPS) is 19.0. The van der Waals surface area contributed by atoms with Gasteiger partial charge in [-0.25, -0.2) is 9.37 Å². The first kappa shape index (κ1) is 22.7. The molecule has 0 aliphatic carbocycles. The van der Waals surface area contributed by atoms with E-state index in [0.29, 0.717) is 0 Å². The summed E-state index contributed by atoms with van der Waals surface area (Å²) in [5.74, 6) is -1.74. The molecule has 148 valence electrons. The van der Waals surface area contributed by atoms with Crippen LogP contribution in [0.25, 0.3) is 0 Å². The average molecular weight is 379 g/mol. The summed E-state index contributed by atoms with van der Waals surface area (Å²) in [6, 6.07) is 1.01. The molecule has 1 aliphatic heterocycles. The molecule has 0 unspecified atom stereocenters. The molecular formula is C17H26BF4NO3. The van der Waals surface area contributed by atoms with E-state index >= 15 is 0 Å². The van der Waals surface area contributed by atoms with Crippen molar-refractivity contribution in [2.24, 2.45) is 0 Å². The Morgan fingerprint density at radius 2 is 1.50 bits per heavy atom. The molecule has 1 fully saturated rings. The van der Waals surface area contributed by atoms with Gasteiger partial charge in [-0.1, -0.05) is 13.8 Å². The molecule has 26 heavy (non-hydrogen) atoms.